The Morgan fingerprint density at radius 2 is 0.838 bits per heavy atom. The maximum atomic E-state index is 12.6. The molecule has 2 unspecified atom stereocenters. The zero-order valence-corrected chi connectivity index (χ0v) is 44.1. The summed E-state index contributed by atoms with van der Waals surface area (Å²) in [6.45, 7) is 3.95. The fourth-order valence-electron chi connectivity index (χ4n) is 6.19. The number of carbonyl (C=O) groups is 2. The van der Waals surface area contributed by atoms with Gasteiger partial charge in [-0.05, 0) is 96.3 Å². The Labute approximate surface area is 415 Å². The maximum absolute atomic E-state index is 12.6. The van der Waals surface area contributed by atoms with Crippen molar-refractivity contribution >= 4 is 19.8 Å². The normalized spacial score (nSPS) is 14.5. The van der Waals surface area contributed by atoms with Gasteiger partial charge in [0, 0.05) is 12.8 Å². The Hall–Kier alpha value is -3.85. The first-order chi connectivity index (χ1) is 33.0. The molecule has 0 saturated carbocycles. The third kappa shape index (κ3) is 51.5. The average molecular weight is 964 g/mol. The van der Waals surface area contributed by atoms with E-state index in [2.05, 4.69) is 148 Å². The largest absolute Gasteiger partial charge is 0.756 e. The number of likely N-dealkylation sites (N-methyl/N-ethyl adjacent to an activating group) is 1. The molecule has 0 amide bonds. The fraction of sp³-hybridized carbons (Fsp3) is 0.586. The first-order valence-electron chi connectivity index (χ1n) is 25.9. The molecule has 2 atom stereocenters. The van der Waals surface area contributed by atoms with Crippen molar-refractivity contribution in [3.05, 3.63) is 134 Å². The summed E-state index contributed by atoms with van der Waals surface area (Å²) in [5.41, 5.74) is 0. The van der Waals surface area contributed by atoms with E-state index >= 15 is 0 Å². The van der Waals surface area contributed by atoms with E-state index in [-0.39, 0.29) is 26.1 Å². The number of hydrogen-bond donors (Lipinski definition) is 0. The van der Waals surface area contributed by atoms with Gasteiger partial charge < -0.3 is 27.9 Å². The molecule has 0 aliphatic rings. The minimum atomic E-state index is -4.63. The highest BCUT2D eigenvalue weighted by molar-refractivity contribution is 7.45. The Bertz CT molecular complexity index is 1610. The summed E-state index contributed by atoms with van der Waals surface area (Å²) in [7, 11) is 1.13. The van der Waals surface area contributed by atoms with Crippen LogP contribution in [0, 0.1) is 0 Å². The summed E-state index contributed by atoms with van der Waals surface area (Å²) in [6.07, 6.45) is 69.9. The van der Waals surface area contributed by atoms with E-state index in [1.165, 1.54) is 0 Å². The van der Waals surface area contributed by atoms with Gasteiger partial charge in [-0.3, -0.25) is 14.2 Å². The van der Waals surface area contributed by atoms with E-state index in [0.29, 0.717) is 23.9 Å². The monoisotopic (exact) mass is 964 g/mol. The molecule has 0 aromatic carbocycles. The Morgan fingerprint density at radius 1 is 0.471 bits per heavy atom. The average Bonchev–Trinajstić information content (AvgIpc) is 3.30. The molecule has 0 aliphatic heterocycles. The second-order valence-electron chi connectivity index (χ2n) is 17.8. The van der Waals surface area contributed by atoms with Gasteiger partial charge in [0.05, 0.1) is 27.7 Å². The zero-order chi connectivity index (χ0) is 49.9. The molecule has 0 aromatic heterocycles. The summed E-state index contributed by atoms with van der Waals surface area (Å²) in [6, 6.07) is 0. The second-order valence-corrected chi connectivity index (χ2v) is 19.2. The van der Waals surface area contributed by atoms with Crippen LogP contribution in [0.3, 0.4) is 0 Å². The summed E-state index contributed by atoms with van der Waals surface area (Å²) in [4.78, 5) is 37.2. The fourth-order valence-corrected chi connectivity index (χ4v) is 6.92. The van der Waals surface area contributed by atoms with Gasteiger partial charge in [-0.25, -0.2) is 0 Å². The number of esters is 2. The highest BCUT2D eigenvalue weighted by Crippen LogP contribution is 2.38. The summed E-state index contributed by atoms with van der Waals surface area (Å²) in [5, 5.41) is 0. The molecule has 10 heteroatoms. The minimum absolute atomic E-state index is 0.0415. The summed E-state index contributed by atoms with van der Waals surface area (Å²) in [5.74, 6) is -0.883. The number of phosphoric acid groups is 1. The van der Waals surface area contributed by atoms with Gasteiger partial charge in [0.2, 0.25) is 0 Å². The number of hydrogen-bond acceptors (Lipinski definition) is 8. The first kappa shape index (κ1) is 64.2. The van der Waals surface area contributed by atoms with Crippen LogP contribution in [0.5, 0.6) is 0 Å². The lowest BCUT2D eigenvalue weighted by Gasteiger charge is -2.28. The van der Waals surface area contributed by atoms with Crippen LogP contribution in [0.4, 0.5) is 0 Å². The van der Waals surface area contributed by atoms with Gasteiger partial charge in [-0.15, -0.1) is 0 Å². The van der Waals surface area contributed by atoms with Crippen molar-refractivity contribution in [3.8, 4) is 0 Å². The van der Waals surface area contributed by atoms with E-state index in [4.69, 9.17) is 18.5 Å². The molecule has 0 rings (SSSR count). The third-order valence-corrected chi connectivity index (χ3v) is 11.1. The van der Waals surface area contributed by atoms with E-state index in [1.54, 1.807) is 0 Å². The van der Waals surface area contributed by atoms with Crippen LogP contribution in [-0.2, 0) is 32.7 Å². The molecule has 0 bridgehead atoms. The molecule has 0 aromatic rings. The summed E-state index contributed by atoms with van der Waals surface area (Å²) >= 11 is 0. The van der Waals surface area contributed by atoms with E-state index in [1.807, 2.05) is 21.1 Å². The molecule has 0 spiro atoms. The van der Waals surface area contributed by atoms with Crippen LogP contribution in [-0.4, -0.2) is 70.0 Å². The topological polar surface area (TPSA) is 111 Å². The van der Waals surface area contributed by atoms with E-state index < -0.39 is 32.5 Å². The van der Waals surface area contributed by atoms with E-state index in [9.17, 15) is 19.0 Å². The molecule has 0 fully saturated rings. The molecule has 68 heavy (non-hydrogen) atoms. The number of ether oxygens (including phenoxy) is 2. The number of allylic oxidation sites excluding steroid dienone is 22. The predicted molar refractivity (Wildman–Crippen MR) is 286 cm³/mol. The maximum Gasteiger partial charge on any atom is 0.306 e. The number of rotatable bonds is 45. The lowest BCUT2D eigenvalue weighted by Crippen LogP contribution is -2.37. The molecule has 0 radical (unpaired) electrons. The molecule has 384 valence electrons. The number of unbranched alkanes of at least 4 members (excludes halogenated alkanes) is 9. The van der Waals surface area contributed by atoms with Crippen molar-refractivity contribution in [1.82, 2.24) is 0 Å². The second kappa shape index (κ2) is 48.2. The molecule has 0 saturated heterocycles. The van der Waals surface area contributed by atoms with Crippen molar-refractivity contribution in [3.63, 3.8) is 0 Å². The smallest absolute Gasteiger partial charge is 0.306 e. The standard InChI is InChI=1S/C58H94NO8P/c1-6-8-10-12-13-14-15-16-17-18-19-20-21-22-23-24-25-26-27-28-29-30-31-32-33-34-35-36-37-38-39-40-41-42-43-44-45-47-49-51-58(61)67-56(54-64-57(60)50-48-46-11-9-7-2)55-66-68(62,63)65-53-52-59(3,4)5/h8,10,13-14,16-17,19-20,22-23,25-26,28-29,31-32,34-35,37-38,40-41,56H,6-7,9,11-12,15,18,21,24,27,30,33,36,39,42-55H2,1-5H3/b10-8-,14-13-,17-16-,20-19-,23-22-,26-25-,29-28-,32-31-,35-34-,38-37-,41-40-. The lowest BCUT2D eigenvalue weighted by atomic mass is 10.1. The quantitative estimate of drug-likeness (QED) is 0.0195. The molecule has 0 heterocycles. The molecular formula is C58H94NO8P. The molecule has 0 N–H and O–H groups in total. The number of carbonyl (C=O) groups excluding carboxylic acids is 2. The van der Waals surface area contributed by atoms with Crippen molar-refractivity contribution in [2.45, 2.75) is 174 Å². The highest BCUT2D eigenvalue weighted by Gasteiger charge is 2.21. The lowest BCUT2D eigenvalue weighted by molar-refractivity contribution is -0.870. The summed E-state index contributed by atoms with van der Waals surface area (Å²) < 4.78 is 33.7. The van der Waals surface area contributed by atoms with Crippen LogP contribution in [0.15, 0.2) is 134 Å². The number of nitrogens with zero attached hydrogens (tertiary/aromatic N) is 1. The van der Waals surface area contributed by atoms with E-state index in [0.717, 1.165) is 128 Å². The highest BCUT2D eigenvalue weighted by atomic mass is 31.2. The van der Waals surface area contributed by atoms with Gasteiger partial charge in [0.25, 0.3) is 7.82 Å². The first-order valence-corrected chi connectivity index (χ1v) is 27.4. The van der Waals surface area contributed by atoms with Crippen LogP contribution < -0.4 is 4.89 Å². The van der Waals surface area contributed by atoms with Crippen molar-refractivity contribution in [2.24, 2.45) is 0 Å². The predicted octanol–water partition coefficient (Wildman–Crippen LogP) is 15.2. The Kier molecular flexibility index (Phi) is 45.5. The van der Waals surface area contributed by atoms with Crippen molar-refractivity contribution in [2.75, 3.05) is 47.5 Å². The Balaban J connectivity index is 4.06. The van der Waals surface area contributed by atoms with Crippen molar-refractivity contribution in [1.29, 1.82) is 0 Å². The van der Waals surface area contributed by atoms with Crippen LogP contribution in [0.2, 0.25) is 0 Å². The minimum Gasteiger partial charge on any atom is -0.756 e. The molecule has 0 aliphatic carbocycles. The van der Waals surface area contributed by atoms with Gasteiger partial charge in [-0.2, -0.15) is 0 Å². The molecule has 9 nitrogen and oxygen atoms in total. The number of phosphoric ester groups is 1. The third-order valence-electron chi connectivity index (χ3n) is 10.2. The molecular weight excluding hydrogens is 870 g/mol. The van der Waals surface area contributed by atoms with Crippen molar-refractivity contribution < 1.29 is 42.1 Å². The van der Waals surface area contributed by atoms with Gasteiger partial charge in [-0.1, -0.05) is 192 Å². The number of quaternary nitrogens is 1. The van der Waals surface area contributed by atoms with Crippen LogP contribution in [0.25, 0.3) is 0 Å². The Morgan fingerprint density at radius 3 is 1.25 bits per heavy atom. The zero-order valence-electron chi connectivity index (χ0n) is 43.2. The van der Waals surface area contributed by atoms with Crippen LogP contribution >= 0.6 is 7.82 Å². The van der Waals surface area contributed by atoms with Gasteiger partial charge >= 0.3 is 11.9 Å². The SMILES string of the molecule is CC/C=C\C/C=C\C/C=C\C/C=C\C/C=C\C/C=C\C/C=C\C/C=C\C/C=C\C/C=C\C/C=C\CCCCCCCC(=O)OC(COC(=O)CCCCCCC)COP(=O)([O-])OCC[N+](C)(C)C. The van der Waals surface area contributed by atoms with Gasteiger partial charge in [0.15, 0.2) is 6.10 Å². The van der Waals surface area contributed by atoms with Gasteiger partial charge in [0.1, 0.15) is 19.8 Å². The van der Waals surface area contributed by atoms with Crippen LogP contribution in [0.1, 0.15) is 168 Å².